The fourth-order valence-corrected chi connectivity index (χ4v) is 0.940. The first-order valence-electron chi connectivity index (χ1n) is 4.47. The molecule has 1 atom stereocenters. The summed E-state index contributed by atoms with van der Waals surface area (Å²) in [6, 6.07) is 1.51. The summed E-state index contributed by atoms with van der Waals surface area (Å²) in [6.45, 7) is 1.62. The molecular weight excluding hydrogens is 209 g/mol. The minimum absolute atomic E-state index is 0.119. The molecule has 3 nitrogen and oxygen atoms in total. The number of nitriles is 1. The van der Waals surface area contributed by atoms with Gasteiger partial charge in [0.05, 0.1) is 18.9 Å². The molecular formula is C9H13F3N2O. The van der Waals surface area contributed by atoms with Gasteiger partial charge in [-0.05, 0) is 6.92 Å². The van der Waals surface area contributed by atoms with Crippen molar-refractivity contribution in [3.8, 4) is 6.07 Å². The fraction of sp³-hybridized carbons (Fsp3) is 0.778. The predicted octanol–water partition coefficient (Wildman–Crippen LogP) is 2.09. The Balaban J connectivity index is 4.06. The lowest BCUT2D eigenvalue weighted by Gasteiger charge is -2.23. The van der Waals surface area contributed by atoms with E-state index in [4.69, 9.17) is 5.26 Å². The van der Waals surface area contributed by atoms with Crippen LogP contribution in [0.2, 0.25) is 0 Å². The summed E-state index contributed by atoms with van der Waals surface area (Å²) in [5, 5.41) is 8.36. The van der Waals surface area contributed by atoms with Crippen molar-refractivity contribution in [2.75, 3.05) is 7.05 Å². The van der Waals surface area contributed by atoms with Gasteiger partial charge in [0.15, 0.2) is 0 Å². The lowest BCUT2D eigenvalue weighted by molar-refractivity contribution is -0.149. The topological polar surface area (TPSA) is 44.1 Å². The van der Waals surface area contributed by atoms with Crippen molar-refractivity contribution in [2.24, 2.45) is 0 Å². The summed E-state index contributed by atoms with van der Waals surface area (Å²) in [5.74, 6) is -0.588. The largest absolute Gasteiger partial charge is 0.389 e. The Morgan fingerprint density at radius 1 is 1.53 bits per heavy atom. The Morgan fingerprint density at radius 3 is 2.47 bits per heavy atom. The highest BCUT2D eigenvalue weighted by atomic mass is 19.4. The van der Waals surface area contributed by atoms with E-state index in [9.17, 15) is 18.0 Å². The standard InChI is InChI=1S/C9H13F3N2O/c1-7(4-6-13)14(2)8(15)3-5-9(10,11)12/h7H,3-5H2,1-2H3. The van der Waals surface area contributed by atoms with Crippen molar-refractivity contribution in [3.63, 3.8) is 0 Å². The van der Waals surface area contributed by atoms with Gasteiger partial charge in [-0.3, -0.25) is 4.79 Å². The van der Waals surface area contributed by atoms with Crippen LogP contribution in [-0.4, -0.2) is 30.1 Å². The van der Waals surface area contributed by atoms with Crippen molar-refractivity contribution in [1.82, 2.24) is 4.90 Å². The lowest BCUT2D eigenvalue weighted by Crippen LogP contribution is -2.35. The van der Waals surface area contributed by atoms with Crippen molar-refractivity contribution in [3.05, 3.63) is 0 Å². The highest BCUT2D eigenvalue weighted by Gasteiger charge is 2.29. The number of alkyl halides is 3. The molecule has 1 unspecified atom stereocenters. The lowest BCUT2D eigenvalue weighted by atomic mass is 10.2. The maximum atomic E-state index is 11.8. The third-order valence-electron chi connectivity index (χ3n) is 2.06. The molecule has 0 fully saturated rings. The monoisotopic (exact) mass is 222 g/mol. The first-order chi connectivity index (χ1) is 6.78. The molecule has 1 amide bonds. The molecule has 0 aliphatic heterocycles. The highest BCUT2D eigenvalue weighted by Crippen LogP contribution is 2.22. The number of rotatable bonds is 4. The molecule has 0 bridgehead atoms. The van der Waals surface area contributed by atoms with Crippen LogP contribution >= 0.6 is 0 Å². The molecule has 0 radical (unpaired) electrons. The van der Waals surface area contributed by atoms with Gasteiger partial charge in [-0.15, -0.1) is 0 Å². The van der Waals surface area contributed by atoms with Crippen LogP contribution in [0.15, 0.2) is 0 Å². The molecule has 0 spiro atoms. The molecule has 0 heterocycles. The number of halogens is 3. The summed E-state index contributed by atoms with van der Waals surface area (Å²) < 4.78 is 35.4. The second kappa shape index (κ2) is 5.59. The predicted molar refractivity (Wildman–Crippen MR) is 47.8 cm³/mol. The van der Waals surface area contributed by atoms with Gasteiger partial charge in [0.1, 0.15) is 0 Å². The van der Waals surface area contributed by atoms with Gasteiger partial charge in [-0.25, -0.2) is 0 Å². The van der Waals surface area contributed by atoms with Crippen LogP contribution in [0.1, 0.15) is 26.2 Å². The van der Waals surface area contributed by atoms with E-state index in [-0.39, 0.29) is 12.5 Å². The number of amides is 1. The number of carbonyl (C=O) groups is 1. The molecule has 0 aromatic heterocycles. The zero-order valence-corrected chi connectivity index (χ0v) is 8.64. The van der Waals surface area contributed by atoms with Gasteiger partial charge in [0.2, 0.25) is 5.91 Å². The van der Waals surface area contributed by atoms with Crippen molar-refractivity contribution in [1.29, 1.82) is 5.26 Å². The first-order valence-corrected chi connectivity index (χ1v) is 4.47. The van der Waals surface area contributed by atoms with Crippen molar-refractivity contribution < 1.29 is 18.0 Å². The van der Waals surface area contributed by atoms with E-state index in [2.05, 4.69) is 0 Å². The molecule has 0 aliphatic rings. The highest BCUT2D eigenvalue weighted by molar-refractivity contribution is 5.76. The summed E-state index contributed by atoms with van der Waals surface area (Å²) in [5.41, 5.74) is 0. The molecule has 6 heteroatoms. The van der Waals surface area contributed by atoms with E-state index >= 15 is 0 Å². The number of carbonyl (C=O) groups excluding carboxylic acids is 1. The van der Waals surface area contributed by atoms with E-state index in [1.807, 2.05) is 6.07 Å². The van der Waals surface area contributed by atoms with E-state index in [0.717, 1.165) is 0 Å². The van der Waals surface area contributed by atoms with E-state index in [1.54, 1.807) is 6.92 Å². The van der Waals surface area contributed by atoms with Gasteiger partial charge in [-0.2, -0.15) is 18.4 Å². The first kappa shape index (κ1) is 13.8. The summed E-state index contributed by atoms with van der Waals surface area (Å²) >= 11 is 0. The van der Waals surface area contributed by atoms with Crippen LogP contribution in [0, 0.1) is 11.3 Å². The molecule has 0 saturated carbocycles. The Hall–Kier alpha value is -1.25. The normalized spacial score (nSPS) is 13.1. The van der Waals surface area contributed by atoms with E-state index in [1.165, 1.54) is 11.9 Å². The molecule has 0 aromatic rings. The van der Waals surface area contributed by atoms with Crippen LogP contribution in [-0.2, 0) is 4.79 Å². The molecule has 0 aromatic carbocycles. The molecule has 86 valence electrons. The Kier molecular flexibility index (Phi) is 5.12. The summed E-state index contributed by atoms with van der Waals surface area (Å²) in [6.07, 6.45) is -5.87. The smallest absolute Gasteiger partial charge is 0.342 e. The quantitative estimate of drug-likeness (QED) is 0.731. The molecule has 0 N–H and O–H groups in total. The third-order valence-corrected chi connectivity index (χ3v) is 2.06. The van der Waals surface area contributed by atoms with Crippen LogP contribution in [0.4, 0.5) is 13.2 Å². The second-order valence-electron chi connectivity index (χ2n) is 3.33. The minimum atomic E-state index is -4.31. The minimum Gasteiger partial charge on any atom is -0.342 e. The fourth-order valence-electron chi connectivity index (χ4n) is 0.940. The van der Waals surface area contributed by atoms with Crippen LogP contribution in [0.5, 0.6) is 0 Å². The summed E-state index contributed by atoms with van der Waals surface area (Å²) in [4.78, 5) is 12.4. The Morgan fingerprint density at radius 2 is 2.07 bits per heavy atom. The molecule has 15 heavy (non-hydrogen) atoms. The maximum absolute atomic E-state index is 11.8. The Bertz CT molecular complexity index is 257. The van der Waals surface area contributed by atoms with Gasteiger partial charge >= 0.3 is 6.18 Å². The van der Waals surface area contributed by atoms with E-state index < -0.39 is 24.9 Å². The van der Waals surface area contributed by atoms with Gasteiger partial charge in [0.25, 0.3) is 0 Å². The maximum Gasteiger partial charge on any atom is 0.389 e. The van der Waals surface area contributed by atoms with Gasteiger partial charge < -0.3 is 4.90 Å². The SMILES string of the molecule is CC(CC#N)N(C)C(=O)CCC(F)(F)F. The number of hydrogen-bond donors (Lipinski definition) is 0. The van der Waals surface area contributed by atoms with Gasteiger partial charge in [-0.1, -0.05) is 0 Å². The van der Waals surface area contributed by atoms with E-state index in [0.29, 0.717) is 0 Å². The average Bonchev–Trinajstić information content (AvgIpc) is 2.12. The average molecular weight is 222 g/mol. The molecule has 0 saturated heterocycles. The van der Waals surface area contributed by atoms with Crippen molar-refractivity contribution >= 4 is 5.91 Å². The van der Waals surface area contributed by atoms with Crippen LogP contribution in [0.3, 0.4) is 0 Å². The zero-order chi connectivity index (χ0) is 12.1. The molecule has 0 rings (SSSR count). The van der Waals surface area contributed by atoms with Crippen LogP contribution in [0.25, 0.3) is 0 Å². The van der Waals surface area contributed by atoms with Crippen molar-refractivity contribution in [2.45, 2.75) is 38.4 Å². The number of hydrogen-bond acceptors (Lipinski definition) is 2. The van der Waals surface area contributed by atoms with Gasteiger partial charge in [0, 0.05) is 19.5 Å². The molecule has 0 aliphatic carbocycles. The summed E-state index contributed by atoms with van der Waals surface area (Å²) in [7, 11) is 1.40. The Labute approximate surface area is 86.5 Å². The number of nitrogens with zero attached hydrogens (tertiary/aromatic N) is 2. The zero-order valence-electron chi connectivity index (χ0n) is 8.64. The van der Waals surface area contributed by atoms with Crippen LogP contribution < -0.4 is 0 Å². The second-order valence-corrected chi connectivity index (χ2v) is 3.33. The third kappa shape index (κ3) is 5.94.